The Morgan fingerprint density at radius 1 is 1.10 bits per heavy atom. The number of rotatable bonds is 9. The molecule has 4 heteroatoms. The number of hydrogen-bond acceptors (Lipinski definition) is 4. The van der Waals surface area contributed by atoms with Gasteiger partial charge in [0.05, 0.1) is 13.2 Å². The fourth-order valence-corrected chi connectivity index (χ4v) is 1.83. The van der Waals surface area contributed by atoms with E-state index in [-0.39, 0.29) is 5.97 Å². The summed E-state index contributed by atoms with van der Waals surface area (Å²) in [7, 11) is 0. The Labute approximate surface area is 121 Å². The van der Waals surface area contributed by atoms with E-state index in [1.54, 1.807) is 6.92 Å². The molecule has 1 aromatic carbocycles. The van der Waals surface area contributed by atoms with Gasteiger partial charge in [-0.1, -0.05) is 25.5 Å². The van der Waals surface area contributed by atoms with Gasteiger partial charge in [0.25, 0.3) is 0 Å². The minimum Gasteiger partial charge on any atom is -0.490 e. The highest BCUT2D eigenvalue weighted by atomic mass is 16.6. The minimum absolute atomic E-state index is 0.313. The van der Waals surface area contributed by atoms with Gasteiger partial charge in [-0.15, -0.1) is 0 Å². The lowest BCUT2D eigenvalue weighted by Crippen LogP contribution is -2.29. The number of esters is 1. The van der Waals surface area contributed by atoms with E-state index in [1.807, 2.05) is 31.2 Å². The van der Waals surface area contributed by atoms with Crippen LogP contribution in [0.25, 0.3) is 0 Å². The van der Waals surface area contributed by atoms with Crippen molar-refractivity contribution in [2.45, 2.75) is 46.1 Å². The number of carbonyl (C=O) groups excluding carboxylic acids is 1. The largest absolute Gasteiger partial charge is 0.490 e. The summed E-state index contributed by atoms with van der Waals surface area (Å²) in [6, 6.07) is 7.38. The summed E-state index contributed by atoms with van der Waals surface area (Å²) in [6.07, 6.45) is 2.00. The Morgan fingerprint density at radius 2 is 1.80 bits per heavy atom. The molecule has 0 saturated carbocycles. The predicted molar refractivity (Wildman–Crippen MR) is 78.2 cm³/mol. The van der Waals surface area contributed by atoms with Gasteiger partial charge in [-0.3, -0.25) is 0 Å². The molecule has 0 aromatic heterocycles. The van der Waals surface area contributed by atoms with E-state index < -0.39 is 6.10 Å². The molecule has 0 bridgehead atoms. The molecule has 0 heterocycles. The lowest BCUT2D eigenvalue weighted by molar-refractivity contribution is -0.151. The van der Waals surface area contributed by atoms with Gasteiger partial charge in [-0.25, -0.2) is 4.79 Å². The van der Waals surface area contributed by atoms with Gasteiger partial charge in [-0.05, 0) is 38.8 Å². The van der Waals surface area contributed by atoms with Crippen molar-refractivity contribution < 1.29 is 19.0 Å². The zero-order valence-electron chi connectivity index (χ0n) is 12.6. The second kappa shape index (κ2) is 9.23. The highest BCUT2D eigenvalue weighted by Crippen LogP contribution is 2.28. The van der Waals surface area contributed by atoms with Gasteiger partial charge in [0.15, 0.2) is 17.6 Å². The van der Waals surface area contributed by atoms with Crippen molar-refractivity contribution in [3.05, 3.63) is 24.3 Å². The van der Waals surface area contributed by atoms with Gasteiger partial charge < -0.3 is 14.2 Å². The molecule has 112 valence electrons. The minimum atomic E-state index is -0.573. The molecule has 0 aliphatic heterocycles. The Kier molecular flexibility index (Phi) is 7.55. The molecule has 0 aliphatic carbocycles. The molecular weight excluding hydrogens is 256 g/mol. The molecule has 0 amide bonds. The van der Waals surface area contributed by atoms with Crippen molar-refractivity contribution >= 4 is 5.97 Å². The van der Waals surface area contributed by atoms with E-state index in [0.717, 1.165) is 12.8 Å². The van der Waals surface area contributed by atoms with Gasteiger partial charge >= 0.3 is 5.97 Å². The first-order valence-corrected chi connectivity index (χ1v) is 7.28. The fraction of sp³-hybridized carbons (Fsp3) is 0.562. The third-order valence-corrected chi connectivity index (χ3v) is 2.79. The lowest BCUT2D eigenvalue weighted by Gasteiger charge is -2.19. The van der Waals surface area contributed by atoms with Gasteiger partial charge in [0.1, 0.15) is 0 Å². The smallest absolute Gasteiger partial charge is 0.347 e. The van der Waals surface area contributed by atoms with Crippen molar-refractivity contribution in [2.75, 3.05) is 13.2 Å². The maximum Gasteiger partial charge on any atom is 0.347 e. The van der Waals surface area contributed by atoms with E-state index in [2.05, 4.69) is 6.92 Å². The molecule has 0 N–H and O–H groups in total. The second-order valence-corrected chi connectivity index (χ2v) is 4.38. The monoisotopic (exact) mass is 280 g/mol. The fourth-order valence-electron chi connectivity index (χ4n) is 1.83. The van der Waals surface area contributed by atoms with Crippen LogP contribution in [-0.4, -0.2) is 25.3 Å². The van der Waals surface area contributed by atoms with Gasteiger partial charge in [0.2, 0.25) is 0 Å². The molecule has 0 fully saturated rings. The van der Waals surface area contributed by atoms with E-state index >= 15 is 0 Å². The number of unbranched alkanes of at least 4 members (excludes halogenated alkanes) is 1. The first-order chi connectivity index (χ1) is 9.72. The summed E-state index contributed by atoms with van der Waals surface area (Å²) in [5.74, 6) is 0.927. The molecule has 1 atom stereocenters. The van der Waals surface area contributed by atoms with Crippen LogP contribution in [0, 0.1) is 0 Å². The summed E-state index contributed by atoms with van der Waals surface area (Å²) in [6.45, 7) is 6.70. The summed E-state index contributed by atoms with van der Waals surface area (Å²) >= 11 is 0. The van der Waals surface area contributed by atoms with E-state index in [0.29, 0.717) is 31.1 Å². The average molecular weight is 280 g/mol. The number of carbonyl (C=O) groups is 1. The maximum absolute atomic E-state index is 11.9. The maximum atomic E-state index is 11.9. The lowest BCUT2D eigenvalue weighted by atomic mass is 10.1. The van der Waals surface area contributed by atoms with Crippen LogP contribution in [0.2, 0.25) is 0 Å². The van der Waals surface area contributed by atoms with Crippen LogP contribution in [0.15, 0.2) is 24.3 Å². The van der Waals surface area contributed by atoms with E-state index in [4.69, 9.17) is 14.2 Å². The Morgan fingerprint density at radius 3 is 2.40 bits per heavy atom. The number of benzene rings is 1. The van der Waals surface area contributed by atoms with Crippen molar-refractivity contribution in [1.82, 2.24) is 0 Å². The third kappa shape index (κ3) is 5.11. The first-order valence-electron chi connectivity index (χ1n) is 7.28. The molecule has 4 nitrogen and oxygen atoms in total. The molecular formula is C16H24O4. The highest BCUT2D eigenvalue weighted by Gasteiger charge is 2.22. The summed E-state index contributed by atoms with van der Waals surface area (Å²) in [4.78, 5) is 11.9. The Balaban J connectivity index is 2.79. The second-order valence-electron chi connectivity index (χ2n) is 4.38. The average Bonchev–Trinajstić information content (AvgIpc) is 2.45. The van der Waals surface area contributed by atoms with Crippen LogP contribution in [0.3, 0.4) is 0 Å². The quantitative estimate of drug-likeness (QED) is 0.648. The first kappa shape index (κ1) is 16.3. The van der Waals surface area contributed by atoms with Crippen molar-refractivity contribution in [3.8, 4) is 11.5 Å². The van der Waals surface area contributed by atoms with Crippen molar-refractivity contribution in [1.29, 1.82) is 0 Å². The van der Waals surface area contributed by atoms with Crippen molar-refractivity contribution in [2.24, 2.45) is 0 Å². The van der Waals surface area contributed by atoms with Crippen LogP contribution in [0.4, 0.5) is 0 Å². The van der Waals surface area contributed by atoms with E-state index in [9.17, 15) is 4.79 Å². The van der Waals surface area contributed by atoms with Gasteiger partial charge in [0, 0.05) is 0 Å². The number of hydrogen-bond donors (Lipinski definition) is 0. The molecule has 0 aliphatic rings. The third-order valence-electron chi connectivity index (χ3n) is 2.79. The van der Waals surface area contributed by atoms with Crippen LogP contribution in [0.1, 0.15) is 40.0 Å². The molecule has 20 heavy (non-hydrogen) atoms. The zero-order chi connectivity index (χ0) is 14.8. The normalized spacial score (nSPS) is 11.8. The molecule has 0 saturated heterocycles. The summed E-state index contributed by atoms with van der Waals surface area (Å²) < 4.78 is 16.4. The van der Waals surface area contributed by atoms with Crippen LogP contribution < -0.4 is 9.47 Å². The van der Waals surface area contributed by atoms with Crippen LogP contribution >= 0.6 is 0 Å². The number of ether oxygens (including phenoxy) is 3. The highest BCUT2D eigenvalue weighted by molar-refractivity contribution is 5.75. The van der Waals surface area contributed by atoms with E-state index in [1.165, 1.54) is 0 Å². The van der Waals surface area contributed by atoms with Crippen molar-refractivity contribution in [3.63, 3.8) is 0 Å². The summed E-state index contributed by atoms with van der Waals surface area (Å²) in [5, 5.41) is 0. The Hall–Kier alpha value is -1.71. The Bertz CT molecular complexity index is 403. The SMILES string of the molecule is CCCCC(Oc1ccccc1OCC)C(=O)OCC. The molecule has 0 spiro atoms. The molecule has 0 radical (unpaired) electrons. The van der Waals surface area contributed by atoms with Crippen LogP contribution in [0.5, 0.6) is 11.5 Å². The molecule has 1 unspecified atom stereocenters. The molecule has 1 rings (SSSR count). The summed E-state index contributed by atoms with van der Waals surface area (Å²) in [5.41, 5.74) is 0. The van der Waals surface area contributed by atoms with Gasteiger partial charge in [-0.2, -0.15) is 0 Å². The predicted octanol–water partition coefficient (Wildman–Crippen LogP) is 3.59. The standard InChI is InChI=1S/C16H24O4/c1-4-7-10-15(16(17)19-6-3)20-14-12-9-8-11-13(14)18-5-2/h8-9,11-12,15H,4-7,10H2,1-3H3. The van der Waals surface area contributed by atoms with Crippen LogP contribution in [-0.2, 0) is 9.53 Å². The molecule has 1 aromatic rings. The topological polar surface area (TPSA) is 44.8 Å². The zero-order valence-corrected chi connectivity index (χ0v) is 12.6. The number of para-hydroxylation sites is 2.